The van der Waals surface area contributed by atoms with Crippen LogP contribution in [0.2, 0.25) is 0 Å². The number of aldehydes is 1. The average Bonchev–Trinajstić information content (AvgIpc) is 3.01. The maximum atomic E-state index is 12.2. The molecular formula is C24H29N3O5. The van der Waals surface area contributed by atoms with Crippen LogP contribution in [0.3, 0.4) is 0 Å². The summed E-state index contributed by atoms with van der Waals surface area (Å²) in [4.78, 5) is 35.7. The van der Waals surface area contributed by atoms with E-state index in [9.17, 15) is 19.5 Å². The Kier molecular flexibility index (Phi) is 7.35. The second-order valence-corrected chi connectivity index (χ2v) is 7.81. The highest BCUT2D eigenvalue weighted by Crippen LogP contribution is 2.29. The molecule has 0 bridgehead atoms. The van der Waals surface area contributed by atoms with Crippen molar-refractivity contribution in [3.05, 3.63) is 52.4 Å². The number of fused-ring (bicyclic) bond motifs is 1. The summed E-state index contributed by atoms with van der Waals surface area (Å²) in [6.45, 7) is 0.729. The second-order valence-electron chi connectivity index (χ2n) is 7.81. The average molecular weight is 440 g/mol. The van der Waals surface area contributed by atoms with E-state index in [1.165, 1.54) is 4.90 Å². The van der Waals surface area contributed by atoms with Crippen molar-refractivity contribution in [1.82, 2.24) is 14.0 Å². The molecule has 8 nitrogen and oxygen atoms in total. The largest absolute Gasteiger partial charge is 0.496 e. The molecular weight excluding hydrogens is 410 g/mol. The molecule has 0 aliphatic heterocycles. The van der Waals surface area contributed by atoms with Crippen LogP contribution in [0.15, 0.2) is 41.2 Å². The molecule has 1 heterocycles. The highest BCUT2D eigenvalue weighted by atomic mass is 16.5. The Bertz CT molecular complexity index is 1180. The summed E-state index contributed by atoms with van der Waals surface area (Å²) in [5.74, 6) is 0.702. The van der Waals surface area contributed by atoms with Crippen molar-refractivity contribution < 1.29 is 19.4 Å². The number of hydrogen-bond donors (Lipinski definition) is 1. The van der Waals surface area contributed by atoms with Crippen molar-refractivity contribution >= 4 is 23.4 Å². The first-order valence-corrected chi connectivity index (χ1v) is 10.6. The molecule has 3 rings (SSSR count). The van der Waals surface area contributed by atoms with Crippen LogP contribution >= 0.6 is 0 Å². The summed E-state index contributed by atoms with van der Waals surface area (Å²) in [5, 5.41) is 9.51. The van der Waals surface area contributed by atoms with E-state index in [0.717, 1.165) is 34.0 Å². The molecule has 32 heavy (non-hydrogen) atoms. The van der Waals surface area contributed by atoms with Gasteiger partial charge in [0.25, 0.3) is 0 Å². The maximum absolute atomic E-state index is 12.2. The number of carbonyl (C=O) groups excluding carboxylic acids is 1. The molecule has 0 unspecified atom stereocenters. The molecule has 0 aliphatic carbocycles. The summed E-state index contributed by atoms with van der Waals surface area (Å²) >= 11 is 0. The minimum atomic E-state index is -0.971. The molecule has 2 aromatic carbocycles. The van der Waals surface area contributed by atoms with Gasteiger partial charge in [0.2, 0.25) is 0 Å². The Labute approximate surface area is 186 Å². The lowest BCUT2D eigenvalue weighted by Crippen LogP contribution is -2.32. The number of hydrogen-bond acceptors (Lipinski definition) is 4. The molecule has 0 atom stereocenters. The number of rotatable bonds is 10. The summed E-state index contributed by atoms with van der Waals surface area (Å²) in [6.07, 6.45) is 2.16. The number of methoxy groups -OCH3 is 1. The predicted octanol–water partition coefficient (Wildman–Crippen LogP) is 3.44. The zero-order chi connectivity index (χ0) is 23.3. The predicted molar refractivity (Wildman–Crippen MR) is 123 cm³/mol. The van der Waals surface area contributed by atoms with Gasteiger partial charge in [-0.1, -0.05) is 12.1 Å². The molecule has 0 saturated heterocycles. The number of carboxylic acid groups (broad SMARTS) is 1. The van der Waals surface area contributed by atoms with Crippen LogP contribution < -0.4 is 10.4 Å². The van der Waals surface area contributed by atoms with Crippen LogP contribution in [0.4, 0.5) is 4.79 Å². The van der Waals surface area contributed by atoms with Crippen LogP contribution in [0, 0.1) is 0 Å². The van der Waals surface area contributed by atoms with Crippen molar-refractivity contribution in [2.24, 2.45) is 14.1 Å². The smallest absolute Gasteiger partial charge is 0.407 e. The molecule has 0 spiro atoms. The fourth-order valence-electron chi connectivity index (χ4n) is 3.93. The Hall–Kier alpha value is -3.55. The standard InChI is InChI=1S/C24H29N3O5/c1-25-20-9-7-18(16-21(20)26(2)23(25)29)17-8-10-22(32-3)19(15-17)11-13-27(24(30)31)12-5-4-6-14-28/h7-10,14-16H,4-6,11-13H2,1-3H3,(H,30,31). The lowest BCUT2D eigenvalue weighted by molar-refractivity contribution is -0.107. The molecule has 1 amide bonds. The normalized spacial score (nSPS) is 11.0. The number of nitrogens with zero attached hydrogens (tertiary/aromatic N) is 3. The third kappa shape index (κ3) is 4.85. The number of imidazole rings is 1. The number of aryl methyl sites for hydroxylation is 2. The quantitative estimate of drug-likeness (QED) is 0.386. The molecule has 170 valence electrons. The zero-order valence-electron chi connectivity index (χ0n) is 18.7. The molecule has 0 radical (unpaired) electrons. The Morgan fingerprint density at radius 3 is 2.41 bits per heavy atom. The van der Waals surface area contributed by atoms with Gasteiger partial charge >= 0.3 is 11.8 Å². The van der Waals surface area contributed by atoms with E-state index < -0.39 is 6.09 Å². The Morgan fingerprint density at radius 1 is 1.03 bits per heavy atom. The Morgan fingerprint density at radius 2 is 1.72 bits per heavy atom. The van der Waals surface area contributed by atoms with Gasteiger partial charge in [-0.05, 0) is 60.2 Å². The number of ether oxygens (including phenoxy) is 1. The van der Waals surface area contributed by atoms with Gasteiger partial charge < -0.3 is 19.5 Å². The third-order valence-corrected chi connectivity index (χ3v) is 5.81. The first-order chi connectivity index (χ1) is 15.4. The van der Waals surface area contributed by atoms with Crippen molar-refractivity contribution in [3.63, 3.8) is 0 Å². The minimum Gasteiger partial charge on any atom is -0.496 e. The van der Waals surface area contributed by atoms with Crippen LogP contribution in [0.5, 0.6) is 5.75 Å². The number of aromatic nitrogens is 2. The lowest BCUT2D eigenvalue weighted by atomic mass is 10.00. The summed E-state index contributed by atoms with van der Waals surface area (Å²) < 4.78 is 8.74. The first kappa shape index (κ1) is 23.1. The SMILES string of the molecule is COc1ccc(-c2ccc3c(c2)n(C)c(=O)n3C)cc1CCN(CCCCC=O)C(=O)O. The van der Waals surface area contributed by atoms with Crippen molar-refractivity contribution in [3.8, 4) is 16.9 Å². The molecule has 1 N–H and O–H groups in total. The second kappa shape index (κ2) is 10.2. The van der Waals surface area contributed by atoms with E-state index in [4.69, 9.17) is 4.74 Å². The highest BCUT2D eigenvalue weighted by molar-refractivity contribution is 5.83. The van der Waals surface area contributed by atoms with E-state index in [-0.39, 0.29) is 5.69 Å². The van der Waals surface area contributed by atoms with Gasteiger partial charge in [0.15, 0.2) is 0 Å². The Balaban J connectivity index is 1.84. The number of amides is 1. The first-order valence-electron chi connectivity index (χ1n) is 10.6. The molecule has 0 saturated carbocycles. The van der Waals surface area contributed by atoms with Gasteiger partial charge in [-0.2, -0.15) is 0 Å². The molecule has 3 aromatic rings. The summed E-state index contributed by atoms with van der Waals surface area (Å²) in [5.41, 5.74) is 4.47. The summed E-state index contributed by atoms with van der Waals surface area (Å²) in [6, 6.07) is 11.7. The fourth-order valence-corrected chi connectivity index (χ4v) is 3.93. The topological polar surface area (TPSA) is 93.8 Å². The van der Waals surface area contributed by atoms with Gasteiger partial charge in [0.05, 0.1) is 18.1 Å². The van der Waals surface area contributed by atoms with Crippen LogP contribution in [-0.4, -0.2) is 51.7 Å². The minimum absolute atomic E-state index is 0.0746. The van der Waals surface area contributed by atoms with Gasteiger partial charge in [-0.3, -0.25) is 9.13 Å². The van der Waals surface area contributed by atoms with Crippen LogP contribution in [0.25, 0.3) is 22.2 Å². The monoisotopic (exact) mass is 439 g/mol. The molecule has 0 aliphatic rings. The van der Waals surface area contributed by atoms with Crippen molar-refractivity contribution in [2.75, 3.05) is 20.2 Å². The van der Waals surface area contributed by atoms with E-state index in [1.54, 1.807) is 30.3 Å². The zero-order valence-corrected chi connectivity index (χ0v) is 18.7. The van der Waals surface area contributed by atoms with Crippen LogP contribution in [-0.2, 0) is 25.3 Å². The summed E-state index contributed by atoms with van der Waals surface area (Å²) in [7, 11) is 5.10. The van der Waals surface area contributed by atoms with E-state index in [2.05, 4.69) is 0 Å². The van der Waals surface area contributed by atoms with E-state index in [1.807, 2.05) is 36.4 Å². The molecule has 8 heteroatoms. The lowest BCUT2D eigenvalue weighted by Gasteiger charge is -2.20. The van der Waals surface area contributed by atoms with Crippen LogP contribution in [0.1, 0.15) is 24.8 Å². The van der Waals surface area contributed by atoms with Gasteiger partial charge in [0, 0.05) is 33.6 Å². The van der Waals surface area contributed by atoms with Gasteiger partial charge in [-0.25, -0.2) is 9.59 Å². The molecule has 1 aromatic heterocycles. The van der Waals surface area contributed by atoms with Crippen molar-refractivity contribution in [2.45, 2.75) is 25.7 Å². The number of carbonyl (C=O) groups is 2. The maximum Gasteiger partial charge on any atom is 0.407 e. The third-order valence-electron chi connectivity index (χ3n) is 5.81. The van der Waals surface area contributed by atoms with Crippen molar-refractivity contribution in [1.29, 1.82) is 0 Å². The number of unbranched alkanes of at least 4 members (excludes halogenated alkanes) is 2. The number of benzene rings is 2. The van der Waals surface area contributed by atoms with E-state index >= 15 is 0 Å². The van der Waals surface area contributed by atoms with E-state index in [0.29, 0.717) is 44.5 Å². The fraction of sp³-hybridized carbons (Fsp3) is 0.375. The van der Waals surface area contributed by atoms with Gasteiger partial charge in [-0.15, -0.1) is 0 Å². The highest BCUT2D eigenvalue weighted by Gasteiger charge is 2.14. The van der Waals surface area contributed by atoms with Gasteiger partial charge in [0.1, 0.15) is 12.0 Å². The molecule has 0 fully saturated rings.